The van der Waals surface area contributed by atoms with Gasteiger partial charge in [-0.3, -0.25) is 0 Å². The number of hydrogen-bond acceptors (Lipinski definition) is 3. The third-order valence-corrected chi connectivity index (χ3v) is 3.09. The zero-order valence-corrected chi connectivity index (χ0v) is 9.69. The number of rotatable bonds is 5. The number of nitrogens with two attached hydrogens (primary N) is 1. The van der Waals surface area contributed by atoms with E-state index in [1.165, 1.54) is 19.3 Å². The van der Waals surface area contributed by atoms with E-state index in [0.717, 1.165) is 11.3 Å². The molecule has 3 heteroatoms. The summed E-state index contributed by atoms with van der Waals surface area (Å²) in [5.74, 6) is 0.855. The van der Waals surface area contributed by atoms with Gasteiger partial charge in [0, 0.05) is 6.54 Å². The number of hydrogen-bond donors (Lipinski definition) is 1. The fourth-order valence-electron chi connectivity index (χ4n) is 1.85. The van der Waals surface area contributed by atoms with Crippen LogP contribution < -0.4 is 10.5 Å². The summed E-state index contributed by atoms with van der Waals surface area (Å²) >= 11 is 0. The van der Waals surface area contributed by atoms with E-state index in [1.807, 2.05) is 24.3 Å². The predicted octanol–water partition coefficient (Wildman–Crippen LogP) is 2.26. The van der Waals surface area contributed by atoms with Gasteiger partial charge in [-0.2, -0.15) is 0 Å². The van der Waals surface area contributed by atoms with E-state index < -0.39 is 0 Å². The summed E-state index contributed by atoms with van der Waals surface area (Å²) in [6.07, 6.45) is 4.02. The summed E-state index contributed by atoms with van der Waals surface area (Å²) in [5.41, 5.74) is 6.86. The van der Waals surface area contributed by atoms with Gasteiger partial charge < -0.3 is 15.2 Å². The summed E-state index contributed by atoms with van der Waals surface area (Å²) in [6, 6.07) is 7.94. The van der Waals surface area contributed by atoms with Crippen molar-refractivity contribution in [2.45, 2.75) is 31.5 Å². The molecular weight excluding hydrogens is 202 g/mol. The molecule has 1 saturated carbocycles. The molecule has 1 aliphatic carbocycles. The van der Waals surface area contributed by atoms with Crippen molar-refractivity contribution in [2.24, 2.45) is 5.73 Å². The van der Waals surface area contributed by atoms with Gasteiger partial charge in [-0.25, -0.2) is 0 Å². The van der Waals surface area contributed by atoms with E-state index >= 15 is 0 Å². The van der Waals surface area contributed by atoms with Crippen molar-refractivity contribution in [3.63, 3.8) is 0 Å². The van der Waals surface area contributed by atoms with Crippen molar-refractivity contribution in [1.29, 1.82) is 0 Å². The zero-order valence-electron chi connectivity index (χ0n) is 9.69. The first-order valence-electron chi connectivity index (χ1n) is 5.83. The standard InChI is InChI=1S/C13H19NO2/c1-15-12-7-2-4-10(8-12)13(9-14)16-11-5-3-6-11/h2,4,7-8,11,13H,3,5-6,9,14H2,1H3. The van der Waals surface area contributed by atoms with E-state index in [0.29, 0.717) is 12.6 Å². The Balaban J connectivity index is 2.05. The lowest BCUT2D eigenvalue weighted by atomic mass is 9.95. The highest BCUT2D eigenvalue weighted by molar-refractivity contribution is 5.30. The van der Waals surface area contributed by atoms with E-state index in [1.54, 1.807) is 7.11 Å². The molecule has 16 heavy (non-hydrogen) atoms. The van der Waals surface area contributed by atoms with Gasteiger partial charge in [0.2, 0.25) is 0 Å². The largest absolute Gasteiger partial charge is 0.497 e. The third kappa shape index (κ3) is 2.54. The fraction of sp³-hybridized carbons (Fsp3) is 0.538. The van der Waals surface area contributed by atoms with Crippen molar-refractivity contribution in [3.8, 4) is 5.75 Å². The lowest BCUT2D eigenvalue weighted by Crippen LogP contribution is -2.27. The predicted molar refractivity (Wildman–Crippen MR) is 63.5 cm³/mol. The average molecular weight is 221 g/mol. The SMILES string of the molecule is COc1cccc(C(CN)OC2CCC2)c1. The van der Waals surface area contributed by atoms with Crippen LogP contribution in [0.2, 0.25) is 0 Å². The van der Waals surface area contributed by atoms with Crippen LogP contribution in [0, 0.1) is 0 Å². The number of benzene rings is 1. The Hall–Kier alpha value is -1.06. The minimum Gasteiger partial charge on any atom is -0.497 e. The van der Waals surface area contributed by atoms with Crippen LogP contribution in [0.1, 0.15) is 30.9 Å². The normalized spacial score (nSPS) is 17.9. The second-order valence-corrected chi connectivity index (χ2v) is 4.19. The highest BCUT2D eigenvalue weighted by Gasteiger charge is 2.22. The Morgan fingerprint density at radius 2 is 2.25 bits per heavy atom. The lowest BCUT2D eigenvalue weighted by Gasteiger charge is -2.30. The van der Waals surface area contributed by atoms with Crippen LogP contribution in [0.15, 0.2) is 24.3 Å². The Labute approximate surface area is 96.5 Å². The average Bonchev–Trinajstić information content (AvgIpc) is 2.28. The van der Waals surface area contributed by atoms with Gasteiger partial charge in [0.25, 0.3) is 0 Å². The molecule has 88 valence electrons. The summed E-state index contributed by atoms with van der Waals surface area (Å²) in [7, 11) is 1.67. The maximum absolute atomic E-state index is 5.94. The van der Waals surface area contributed by atoms with Crippen LogP contribution in [0.5, 0.6) is 5.75 Å². The van der Waals surface area contributed by atoms with Crippen LogP contribution >= 0.6 is 0 Å². The van der Waals surface area contributed by atoms with Crippen molar-refractivity contribution >= 4 is 0 Å². The molecule has 0 heterocycles. The summed E-state index contributed by atoms with van der Waals surface area (Å²) in [5, 5.41) is 0. The lowest BCUT2D eigenvalue weighted by molar-refractivity contribution is -0.0487. The molecule has 1 aromatic rings. The monoisotopic (exact) mass is 221 g/mol. The topological polar surface area (TPSA) is 44.5 Å². The molecule has 0 amide bonds. The number of ether oxygens (including phenoxy) is 2. The third-order valence-electron chi connectivity index (χ3n) is 3.09. The molecule has 0 radical (unpaired) electrons. The Bertz CT molecular complexity index is 336. The fourth-order valence-corrected chi connectivity index (χ4v) is 1.85. The molecular formula is C13H19NO2. The van der Waals surface area contributed by atoms with Crippen molar-refractivity contribution in [2.75, 3.05) is 13.7 Å². The van der Waals surface area contributed by atoms with Gasteiger partial charge in [-0.05, 0) is 37.0 Å². The molecule has 0 spiro atoms. The van der Waals surface area contributed by atoms with E-state index in [-0.39, 0.29) is 6.10 Å². The van der Waals surface area contributed by atoms with E-state index in [9.17, 15) is 0 Å². The van der Waals surface area contributed by atoms with E-state index in [2.05, 4.69) is 0 Å². The van der Waals surface area contributed by atoms with Crippen LogP contribution in [-0.2, 0) is 4.74 Å². The minimum absolute atomic E-state index is 0.000370. The highest BCUT2D eigenvalue weighted by Crippen LogP contribution is 2.29. The summed E-state index contributed by atoms with van der Waals surface area (Å²) < 4.78 is 11.1. The van der Waals surface area contributed by atoms with Crippen LogP contribution in [0.3, 0.4) is 0 Å². The molecule has 0 aromatic heterocycles. The van der Waals surface area contributed by atoms with Crippen molar-refractivity contribution in [1.82, 2.24) is 0 Å². The maximum atomic E-state index is 5.94. The Morgan fingerprint density at radius 1 is 1.44 bits per heavy atom. The first kappa shape index (κ1) is 11.4. The van der Waals surface area contributed by atoms with Crippen LogP contribution in [0.25, 0.3) is 0 Å². The van der Waals surface area contributed by atoms with Gasteiger partial charge in [0.05, 0.1) is 19.3 Å². The minimum atomic E-state index is 0.000370. The molecule has 0 saturated heterocycles. The van der Waals surface area contributed by atoms with Gasteiger partial charge in [0.1, 0.15) is 5.75 Å². The zero-order chi connectivity index (χ0) is 11.4. The van der Waals surface area contributed by atoms with Crippen LogP contribution in [0.4, 0.5) is 0 Å². The second-order valence-electron chi connectivity index (χ2n) is 4.19. The van der Waals surface area contributed by atoms with Gasteiger partial charge in [-0.1, -0.05) is 12.1 Å². The highest BCUT2D eigenvalue weighted by atomic mass is 16.5. The molecule has 1 fully saturated rings. The maximum Gasteiger partial charge on any atom is 0.119 e. The van der Waals surface area contributed by atoms with Gasteiger partial charge in [-0.15, -0.1) is 0 Å². The summed E-state index contributed by atoms with van der Waals surface area (Å²) in [4.78, 5) is 0. The molecule has 0 aliphatic heterocycles. The van der Waals surface area contributed by atoms with E-state index in [4.69, 9.17) is 15.2 Å². The first-order valence-corrected chi connectivity index (χ1v) is 5.83. The molecule has 1 aliphatic rings. The molecule has 0 bridgehead atoms. The smallest absolute Gasteiger partial charge is 0.119 e. The quantitative estimate of drug-likeness (QED) is 0.829. The van der Waals surface area contributed by atoms with Gasteiger partial charge >= 0.3 is 0 Å². The summed E-state index contributed by atoms with van der Waals surface area (Å²) in [6.45, 7) is 0.518. The van der Waals surface area contributed by atoms with Crippen LogP contribution in [-0.4, -0.2) is 19.8 Å². The Kier molecular flexibility index (Phi) is 3.80. The van der Waals surface area contributed by atoms with Crippen molar-refractivity contribution < 1.29 is 9.47 Å². The Morgan fingerprint density at radius 3 is 2.81 bits per heavy atom. The molecule has 3 nitrogen and oxygen atoms in total. The molecule has 1 aromatic carbocycles. The second kappa shape index (κ2) is 5.32. The molecule has 2 N–H and O–H groups in total. The number of methoxy groups -OCH3 is 1. The first-order chi connectivity index (χ1) is 7.83. The molecule has 1 unspecified atom stereocenters. The van der Waals surface area contributed by atoms with Gasteiger partial charge in [0.15, 0.2) is 0 Å². The van der Waals surface area contributed by atoms with Crippen molar-refractivity contribution in [3.05, 3.63) is 29.8 Å². The molecule has 1 atom stereocenters. The molecule has 2 rings (SSSR count).